The maximum absolute atomic E-state index is 12.0. The minimum Gasteiger partial charge on any atom is -0.435 e. The van der Waals surface area contributed by atoms with Gasteiger partial charge in [-0.05, 0) is 18.2 Å². The second kappa shape index (κ2) is 6.80. The Kier molecular flexibility index (Phi) is 4.31. The van der Waals surface area contributed by atoms with Crippen LogP contribution in [0.5, 0.6) is 11.6 Å². The maximum Gasteiger partial charge on any atom is 0.349 e. The predicted octanol–water partition coefficient (Wildman–Crippen LogP) is 2.16. The zero-order valence-corrected chi connectivity index (χ0v) is 15.1. The fraction of sp³-hybridized carbons (Fsp3) is 0. The highest BCUT2D eigenvalue weighted by molar-refractivity contribution is 6.37. The molecule has 3 heterocycles. The van der Waals surface area contributed by atoms with E-state index in [4.69, 9.17) is 33.2 Å². The number of aromatic amines is 2. The zero-order chi connectivity index (χ0) is 19.8. The molecule has 3 aromatic heterocycles. The minimum absolute atomic E-state index is 0.0585. The van der Waals surface area contributed by atoms with Crippen molar-refractivity contribution in [2.45, 2.75) is 0 Å². The molecule has 0 aliphatic carbocycles. The summed E-state index contributed by atoms with van der Waals surface area (Å²) in [6.45, 7) is 0. The average molecular weight is 416 g/mol. The van der Waals surface area contributed by atoms with Crippen LogP contribution in [-0.4, -0.2) is 29.7 Å². The molecule has 4 aromatic rings. The van der Waals surface area contributed by atoms with Gasteiger partial charge in [-0.2, -0.15) is 9.94 Å². The quantitative estimate of drug-likeness (QED) is 0.521. The van der Waals surface area contributed by atoms with Crippen LogP contribution in [0.3, 0.4) is 0 Å². The topological polar surface area (TPSA) is 142 Å². The fourth-order valence-corrected chi connectivity index (χ4v) is 2.99. The third kappa shape index (κ3) is 2.98. The van der Waals surface area contributed by atoms with Crippen LogP contribution in [0.4, 0.5) is 0 Å². The van der Waals surface area contributed by atoms with E-state index in [9.17, 15) is 9.59 Å². The number of hydrogen-bond donors (Lipinski definition) is 2. The van der Waals surface area contributed by atoms with Gasteiger partial charge >= 0.3 is 5.69 Å². The first-order chi connectivity index (χ1) is 13.5. The lowest BCUT2D eigenvalue weighted by atomic mass is 10.3. The summed E-state index contributed by atoms with van der Waals surface area (Å²) in [5, 5.41) is 13.4. The molecule has 10 nitrogen and oxygen atoms in total. The molecule has 28 heavy (non-hydrogen) atoms. The van der Waals surface area contributed by atoms with Crippen LogP contribution >= 0.6 is 23.2 Å². The number of rotatable bonds is 3. The molecule has 2 N–H and O–H groups in total. The monoisotopic (exact) mass is 415 g/mol. The van der Waals surface area contributed by atoms with Gasteiger partial charge in [0.1, 0.15) is 18.0 Å². The number of ether oxygens (including phenoxy) is 1. The largest absolute Gasteiger partial charge is 0.435 e. The van der Waals surface area contributed by atoms with Gasteiger partial charge in [0.15, 0.2) is 5.75 Å². The molecule has 0 spiro atoms. The summed E-state index contributed by atoms with van der Waals surface area (Å²) in [7, 11) is 0. The van der Waals surface area contributed by atoms with Gasteiger partial charge in [-0.3, -0.25) is 9.78 Å². The molecule has 138 valence electrons. The van der Waals surface area contributed by atoms with Gasteiger partial charge in [0.2, 0.25) is 11.6 Å². The van der Waals surface area contributed by atoms with Crippen LogP contribution in [-0.2, 0) is 0 Å². The van der Waals surface area contributed by atoms with Crippen molar-refractivity contribution in [3.8, 4) is 23.4 Å². The molecular weight excluding hydrogens is 409 g/mol. The number of H-pyrrole nitrogens is 2. The van der Waals surface area contributed by atoms with Crippen LogP contribution < -0.4 is 16.0 Å². The number of nitriles is 1. The summed E-state index contributed by atoms with van der Waals surface area (Å²) in [5.74, 6) is 0.333. The smallest absolute Gasteiger partial charge is 0.349 e. The normalized spacial score (nSPS) is 10.8. The predicted molar refractivity (Wildman–Crippen MR) is 99.2 cm³/mol. The Morgan fingerprint density at radius 3 is 2.64 bits per heavy atom. The lowest BCUT2D eigenvalue weighted by Crippen LogP contribution is -2.33. The minimum atomic E-state index is -0.889. The van der Waals surface area contributed by atoms with Crippen molar-refractivity contribution in [1.82, 2.24) is 29.7 Å². The van der Waals surface area contributed by atoms with Crippen LogP contribution in [0.1, 0.15) is 5.69 Å². The fourth-order valence-electron chi connectivity index (χ4n) is 2.44. The average Bonchev–Trinajstić information content (AvgIpc) is 3.14. The van der Waals surface area contributed by atoms with Crippen molar-refractivity contribution in [3.05, 3.63) is 67.3 Å². The van der Waals surface area contributed by atoms with E-state index in [1.54, 1.807) is 18.3 Å². The Morgan fingerprint density at radius 2 is 1.93 bits per heavy atom. The second-order valence-corrected chi connectivity index (χ2v) is 6.21. The van der Waals surface area contributed by atoms with Gasteiger partial charge in [-0.15, -0.1) is 5.10 Å². The van der Waals surface area contributed by atoms with Crippen molar-refractivity contribution in [3.63, 3.8) is 0 Å². The van der Waals surface area contributed by atoms with Crippen LogP contribution in [0.25, 0.3) is 16.7 Å². The molecule has 0 radical (unpaired) electrons. The van der Waals surface area contributed by atoms with Gasteiger partial charge in [-0.25, -0.2) is 14.8 Å². The standard InChI is InChI=1S/C16H7Cl2N7O3/c17-9-3-7(25-16(27)23-14(26)11(5-19)24-25)4-10(18)12(9)28-15-8-1-2-20-13(8)21-6-22-15/h1-4,6H,(H,20,21,22)(H,23,26,27). The number of hydrogen-bond acceptors (Lipinski definition) is 7. The Balaban J connectivity index is 1.80. The summed E-state index contributed by atoms with van der Waals surface area (Å²) >= 11 is 12.6. The Bertz CT molecular complexity index is 1360. The highest BCUT2D eigenvalue weighted by Crippen LogP contribution is 2.38. The summed E-state index contributed by atoms with van der Waals surface area (Å²) in [6.07, 6.45) is 3.00. The van der Waals surface area contributed by atoms with Gasteiger partial charge < -0.3 is 9.72 Å². The van der Waals surface area contributed by atoms with E-state index in [0.29, 0.717) is 11.0 Å². The summed E-state index contributed by atoms with van der Waals surface area (Å²) < 4.78 is 6.55. The number of benzene rings is 1. The van der Waals surface area contributed by atoms with Crippen molar-refractivity contribution >= 4 is 34.2 Å². The molecule has 0 bridgehead atoms. The summed E-state index contributed by atoms with van der Waals surface area (Å²) in [6, 6.07) is 6.03. The summed E-state index contributed by atoms with van der Waals surface area (Å²) in [4.78, 5) is 36.6. The molecule has 1 aromatic carbocycles. The number of fused-ring (bicyclic) bond motifs is 1. The molecule has 0 saturated heterocycles. The van der Waals surface area contributed by atoms with E-state index in [-0.39, 0.29) is 27.4 Å². The number of halogens is 2. The van der Waals surface area contributed by atoms with E-state index in [1.807, 2.05) is 4.98 Å². The van der Waals surface area contributed by atoms with E-state index < -0.39 is 16.9 Å². The first kappa shape index (κ1) is 17.7. The highest BCUT2D eigenvalue weighted by Gasteiger charge is 2.16. The molecule has 0 aliphatic heterocycles. The molecule has 0 fully saturated rings. The van der Waals surface area contributed by atoms with E-state index in [0.717, 1.165) is 4.68 Å². The molecular formula is C16H7Cl2N7O3. The maximum atomic E-state index is 12.0. The second-order valence-electron chi connectivity index (χ2n) is 5.39. The van der Waals surface area contributed by atoms with E-state index >= 15 is 0 Å². The summed E-state index contributed by atoms with van der Waals surface area (Å²) in [5.41, 5.74) is -1.52. The molecule has 0 aliphatic rings. The van der Waals surface area contributed by atoms with Gasteiger partial charge in [-0.1, -0.05) is 23.2 Å². The first-order valence-corrected chi connectivity index (χ1v) is 8.32. The number of nitrogens with one attached hydrogen (secondary N) is 2. The lowest BCUT2D eigenvalue weighted by Gasteiger charge is -2.12. The molecule has 12 heteroatoms. The molecule has 0 atom stereocenters. The zero-order valence-electron chi connectivity index (χ0n) is 13.6. The van der Waals surface area contributed by atoms with Crippen molar-refractivity contribution in [1.29, 1.82) is 5.26 Å². The van der Waals surface area contributed by atoms with Crippen LogP contribution in [0, 0.1) is 11.3 Å². The number of nitrogens with zero attached hydrogens (tertiary/aromatic N) is 5. The lowest BCUT2D eigenvalue weighted by molar-refractivity contribution is 0.468. The van der Waals surface area contributed by atoms with Crippen molar-refractivity contribution in [2.24, 2.45) is 0 Å². The van der Waals surface area contributed by atoms with Crippen molar-refractivity contribution in [2.75, 3.05) is 0 Å². The molecule has 0 unspecified atom stereocenters. The third-order valence-corrected chi connectivity index (χ3v) is 4.24. The third-order valence-electron chi connectivity index (χ3n) is 3.68. The number of aromatic nitrogens is 6. The van der Waals surface area contributed by atoms with Crippen molar-refractivity contribution < 1.29 is 4.74 Å². The SMILES string of the molecule is N#Cc1nn(-c2cc(Cl)c(Oc3ncnc4[nH]ccc34)c(Cl)c2)c(=O)[nH]c1=O. The molecule has 4 rings (SSSR count). The van der Waals surface area contributed by atoms with Crippen LogP contribution in [0.2, 0.25) is 10.0 Å². The Hall–Kier alpha value is -3.68. The molecule has 0 saturated carbocycles. The van der Waals surface area contributed by atoms with Crippen LogP contribution in [0.15, 0.2) is 40.3 Å². The van der Waals surface area contributed by atoms with Gasteiger partial charge in [0.05, 0.1) is 21.1 Å². The highest BCUT2D eigenvalue weighted by atomic mass is 35.5. The Labute approximate surface area is 165 Å². The van der Waals surface area contributed by atoms with E-state index in [2.05, 4.69) is 20.1 Å². The Morgan fingerprint density at radius 1 is 1.18 bits per heavy atom. The van der Waals surface area contributed by atoms with Gasteiger partial charge in [0, 0.05) is 6.20 Å². The van der Waals surface area contributed by atoms with Gasteiger partial charge in [0.25, 0.3) is 5.56 Å². The first-order valence-electron chi connectivity index (χ1n) is 7.57. The molecule has 0 amide bonds. The van der Waals surface area contributed by atoms with E-state index in [1.165, 1.54) is 18.5 Å².